The van der Waals surface area contributed by atoms with E-state index in [4.69, 9.17) is 9.47 Å². The number of fused-ring (bicyclic) bond motifs is 1. The monoisotopic (exact) mass is 433 g/mol. The molecular weight excluding hydrogens is 414 g/mol. The molecule has 0 amide bonds. The van der Waals surface area contributed by atoms with Crippen LogP contribution in [0.3, 0.4) is 0 Å². The van der Waals surface area contributed by atoms with E-state index < -0.39 is 11.9 Å². The molecule has 6 nitrogen and oxygen atoms in total. The molecular formula is C24H19NO5S. The number of benzene rings is 2. The number of hydrogen-bond donors (Lipinski definition) is 0. The molecule has 156 valence electrons. The number of rotatable bonds is 6. The SMILES string of the molecule is CCOC(=O)c1c(-c2ccc(OC)cc2)csc1N=CC1C(=O)c2ccccc2C1=O. The molecule has 0 N–H and O–H groups in total. The number of ether oxygens (including phenoxy) is 2. The molecule has 0 spiro atoms. The van der Waals surface area contributed by atoms with Crippen molar-refractivity contribution in [2.45, 2.75) is 6.92 Å². The summed E-state index contributed by atoms with van der Waals surface area (Å²) in [7, 11) is 1.58. The maximum Gasteiger partial charge on any atom is 0.341 e. The molecule has 1 aliphatic carbocycles. The van der Waals surface area contributed by atoms with Crippen molar-refractivity contribution in [3.63, 3.8) is 0 Å². The Morgan fingerprint density at radius 1 is 1.03 bits per heavy atom. The van der Waals surface area contributed by atoms with Crippen molar-refractivity contribution in [2.24, 2.45) is 10.9 Å². The van der Waals surface area contributed by atoms with Crippen LogP contribution >= 0.6 is 11.3 Å². The number of esters is 1. The fraction of sp³-hybridized carbons (Fsp3) is 0.167. The summed E-state index contributed by atoms with van der Waals surface area (Å²) in [5, 5.41) is 2.20. The Morgan fingerprint density at radius 3 is 2.26 bits per heavy atom. The number of methoxy groups -OCH3 is 1. The zero-order valence-corrected chi connectivity index (χ0v) is 17.8. The van der Waals surface area contributed by atoms with Crippen molar-refractivity contribution in [1.29, 1.82) is 0 Å². The molecule has 4 rings (SSSR count). The van der Waals surface area contributed by atoms with Gasteiger partial charge in [0.25, 0.3) is 0 Å². The molecule has 31 heavy (non-hydrogen) atoms. The van der Waals surface area contributed by atoms with Crippen LogP contribution in [-0.2, 0) is 4.74 Å². The molecule has 0 fully saturated rings. The zero-order chi connectivity index (χ0) is 22.0. The minimum absolute atomic E-state index is 0.217. The predicted molar refractivity (Wildman–Crippen MR) is 119 cm³/mol. The first-order chi connectivity index (χ1) is 15.0. The largest absolute Gasteiger partial charge is 0.497 e. The summed E-state index contributed by atoms with van der Waals surface area (Å²) in [6.45, 7) is 1.95. The number of aliphatic imine (C=N–C) groups is 1. The molecule has 1 aliphatic rings. The van der Waals surface area contributed by atoms with E-state index in [0.29, 0.717) is 33.0 Å². The fourth-order valence-corrected chi connectivity index (χ4v) is 4.39. The molecule has 1 heterocycles. The van der Waals surface area contributed by atoms with Gasteiger partial charge in [-0.25, -0.2) is 9.79 Å². The quantitative estimate of drug-likeness (QED) is 0.310. The molecule has 0 unspecified atom stereocenters. The summed E-state index contributed by atoms with van der Waals surface area (Å²) in [5.41, 5.74) is 2.59. The lowest BCUT2D eigenvalue weighted by molar-refractivity contribution is 0.0528. The van der Waals surface area contributed by atoms with Crippen LogP contribution in [0.25, 0.3) is 11.1 Å². The van der Waals surface area contributed by atoms with Crippen LogP contribution in [0.2, 0.25) is 0 Å². The molecule has 0 radical (unpaired) electrons. The van der Waals surface area contributed by atoms with E-state index in [2.05, 4.69) is 4.99 Å². The lowest BCUT2D eigenvalue weighted by Gasteiger charge is -2.07. The third kappa shape index (κ3) is 3.80. The predicted octanol–water partition coefficient (Wildman–Crippen LogP) is 5.00. The first-order valence-corrected chi connectivity index (χ1v) is 10.6. The molecule has 1 aromatic heterocycles. The molecule has 3 aromatic rings. The number of nitrogens with zero attached hydrogens (tertiary/aromatic N) is 1. The summed E-state index contributed by atoms with van der Waals surface area (Å²) in [5.74, 6) is -1.36. The van der Waals surface area contributed by atoms with Crippen LogP contribution in [0.5, 0.6) is 5.75 Å². The van der Waals surface area contributed by atoms with Crippen molar-refractivity contribution in [3.8, 4) is 16.9 Å². The van der Waals surface area contributed by atoms with Crippen LogP contribution in [-0.4, -0.2) is 37.5 Å². The molecule has 0 atom stereocenters. The highest BCUT2D eigenvalue weighted by atomic mass is 32.1. The fourth-order valence-electron chi connectivity index (χ4n) is 3.47. The summed E-state index contributed by atoms with van der Waals surface area (Å²) in [4.78, 5) is 42.3. The van der Waals surface area contributed by atoms with E-state index >= 15 is 0 Å². The average molecular weight is 433 g/mol. The second-order valence-electron chi connectivity index (χ2n) is 6.81. The van der Waals surface area contributed by atoms with E-state index in [-0.39, 0.29) is 18.2 Å². The van der Waals surface area contributed by atoms with Crippen molar-refractivity contribution in [1.82, 2.24) is 0 Å². The molecule has 0 bridgehead atoms. The summed E-state index contributed by atoms with van der Waals surface area (Å²) >= 11 is 1.25. The second-order valence-corrected chi connectivity index (χ2v) is 7.67. The van der Waals surface area contributed by atoms with Crippen molar-refractivity contribution < 1.29 is 23.9 Å². The van der Waals surface area contributed by atoms with Gasteiger partial charge in [0.05, 0.1) is 13.7 Å². The van der Waals surface area contributed by atoms with Gasteiger partial charge in [0.15, 0.2) is 11.6 Å². The van der Waals surface area contributed by atoms with Gasteiger partial charge < -0.3 is 9.47 Å². The van der Waals surface area contributed by atoms with Crippen LogP contribution in [0, 0.1) is 5.92 Å². The average Bonchev–Trinajstić information content (AvgIpc) is 3.32. The van der Waals surface area contributed by atoms with Gasteiger partial charge in [0, 0.05) is 28.3 Å². The minimum Gasteiger partial charge on any atom is -0.497 e. The second kappa shape index (κ2) is 8.65. The molecule has 0 saturated heterocycles. The van der Waals surface area contributed by atoms with Crippen molar-refractivity contribution in [2.75, 3.05) is 13.7 Å². The Labute approximate surface area is 183 Å². The van der Waals surface area contributed by atoms with E-state index in [9.17, 15) is 14.4 Å². The zero-order valence-electron chi connectivity index (χ0n) is 17.0. The molecule has 0 saturated carbocycles. The van der Waals surface area contributed by atoms with E-state index in [0.717, 1.165) is 5.56 Å². The van der Waals surface area contributed by atoms with Crippen LogP contribution < -0.4 is 4.74 Å². The van der Waals surface area contributed by atoms with Gasteiger partial charge in [-0.05, 0) is 24.6 Å². The van der Waals surface area contributed by atoms with E-state index in [1.54, 1.807) is 50.4 Å². The number of carbonyl (C=O) groups is 3. The third-order valence-corrected chi connectivity index (χ3v) is 5.90. The Morgan fingerprint density at radius 2 is 1.68 bits per heavy atom. The number of carbonyl (C=O) groups excluding carboxylic acids is 3. The van der Waals surface area contributed by atoms with Crippen molar-refractivity contribution in [3.05, 3.63) is 70.6 Å². The lowest BCUT2D eigenvalue weighted by Crippen LogP contribution is -2.16. The summed E-state index contributed by atoms with van der Waals surface area (Å²) in [6.07, 6.45) is 1.33. The number of thiophene rings is 1. The van der Waals surface area contributed by atoms with Gasteiger partial charge in [-0.1, -0.05) is 36.4 Å². The Bertz CT molecular complexity index is 1160. The van der Waals surface area contributed by atoms with Crippen LogP contribution in [0.1, 0.15) is 38.0 Å². The highest BCUT2D eigenvalue weighted by Crippen LogP contribution is 2.39. The maximum absolute atomic E-state index is 12.7. The van der Waals surface area contributed by atoms with Gasteiger partial charge in [-0.2, -0.15) is 0 Å². The van der Waals surface area contributed by atoms with E-state index in [1.165, 1.54) is 17.6 Å². The van der Waals surface area contributed by atoms with Gasteiger partial charge in [0.2, 0.25) is 0 Å². The standard InChI is InChI=1S/C24H19NO5S/c1-3-30-24(28)20-19(14-8-10-15(29-2)11-9-14)13-31-23(20)25-12-18-21(26)16-6-4-5-7-17(16)22(18)27/h4-13,18H,3H2,1-2H3. The first kappa shape index (κ1) is 20.7. The lowest BCUT2D eigenvalue weighted by atomic mass is 10.0. The Balaban J connectivity index is 1.70. The maximum atomic E-state index is 12.7. The molecule has 0 aliphatic heterocycles. The van der Waals surface area contributed by atoms with Gasteiger partial charge in [-0.3, -0.25) is 9.59 Å². The molecule has 2 aromatic carbocycles. The number of Topliss-reactive ketones (excluding diaryl/α,β-unsaturated/α-hetero) is 2. The Kier molecular flexibility index (Phi) is 5.77. The van der Waals surface area contributed by atoms with E-state index in [1.807, 2.05) is 17.5 Å². The summed E-state index contributed by atoms with van der Waals surface area (Å²) < 4.78 is 10.4. The minimum atomic E-state index is -0.987. The van der Waals surface area contributed by atoms with Crippen LogP contribution in [0.4, 0.5) is 5.00 Å². The van der Waals surface area contributed by atoms with Crippen molar-refractivity contribution >= 4 is 40.1 Å². The smallest absolute Gasteiger partial charge is 0.341 e. The topological polar surface area (TPSA) is 82.0 Å². The van der Waals surface area contributed by atoms with Gasteiger partial charge in [-0.15, -0.1) is 11.3 Å². The molecule has 7 heteroatoms. The highest BCUT2D eigenvalue weighted by molar-refractivity contribution is 7.14. The Hall–Kier alpha value is -3.58. The third-order valence-electron chi connectivity index (χ3n) is 5.02. The number of ketones is 2. The van der Waals surface area contributed by atoms with Crippen LogP contribution in [0.15, 0.2) is 58.9 Å². The van der Waals surface area contributed by atoms with Gasteiger partial charge in [0.1, 0.15) is 22.2 Å². The normalized spacial score (nSPS) is 13.6. The first-order valence-electron chi connectivity index (χ1n) is 9.69. The highest BCUT2D eigenvalue weighted by Gasteiger charge is 2.37. The summed E-state index contributed by atoms with van der Waals surface area (Å²) in [6, 6.07) is 14.0. The number of hydrogen-bond acceptors (Lipinski definition) is 7. The van der Waals surface area contributed by atoms with Gasteiger partial charge >= 0.3 is 5.97 Å².